The minimum absolute atomic E-state index is 0.309. The van der Waals surface area contributed by atoms with Crippen LogP contribution in [0.3, 0.4) is 0 Å². The second kappa shape index (κ2) is 6.12. The summed E-state index contributed by atoms with van der Waals surface area (Å²) in [7, 11) is 0. The van der Waals surface area contributed by atoms with E-state index in [1.807, 2.05) is 11.8 Å². The molecule has 0 amide bonds. The molecule has 118 valence electrons. The molecule has 5 nitrogen and oxygen atoms in total. The van der Waals surface area contributed by atoms with Crippen molar-refractivity contribution >= 4 is 11.8 Å². The highest BCUT2D eigenvalue weighted by molar-refractivity contribution is 8.00. The van der Waals surface area contributed by atoms with Crippen molar-refractivity contribution in [2.45, 2.75) is 56.2 Å². The summed E-state index contributed by atoms with van der Waals surface area (Å²) in [4.78, 5) is 2.26. The topological polar surface area (TPSA) is 46.8 Å². The molecule has 2 atom stereocenters. The van der Waals surface area contributed by atoms with Crippen molar-refractivity contribution < 1.29 is 13.2 Å². The van der Waals surface area contributed by atoms with Crippen LogP contribution in [-0.4, -0.2) is 54.9 Å². The molecule has 1 saturated carbocycles. The van der Waals surface area contributed by atoms with Crippen molar-refractivity contribution in [2.24, 2.45) is 0 Å². The van der Waals surface area contributed by atoms with E-state index in [2.05, 4.69) is 20.4 Å². The zero-order valence-electron chi connectivity index (χ0n) is 11.6. The molecule has 21 heavy (non-hydrogen) atoms. The molecule has 2 unspecified atom stereocenters. The number of tetrazole rings is 1. The summed E-state index contributed by atoms with van der Waals surface area (Å²) in [6.07, 6.45) is 0.493. The van der Waals surface area contributed by atoms with Gasteiger partial charge in [-0.25, -0.2) is 4.68 Å². The van der Waals surface area contributed by atoms with E-state index in [4.69, 9.17) is 0 Å². The Balaban J connectivity index is 1.69. The number of alkyl halides is 3. The second-order valence-corrected chi connectivity index (χ2v) is 6.95. The van der Waals surface area contributed by atoms with E-state index in [1.54, 1.807) is 0 Å². The quantitative estimate of drug-likeness (QED) is 0.853. The summed E-state index contributed by atoms with van der Waals surface area (Å²) in [5.74, 6) is 1.34. The van der Waals surface area contributed by atoms with Crippen LogP contribution in [0.15, 0.2) is 0 Å². The fraction of sp³-hybridized carbons (Fsp3) is 0.917. The predicted molar refractivity (Wildman–Crippen MR) is 72.8 cm³/mol. The number of fused-ring (bicyclic) bond motifs is 1. The van der Waals surface area contributed by atoms with Gasteiger partial charge in [-0.15, -0.1) is 5.10 Å². The standard InChI is InChI=1S/C12H18F3N5S/c13-12(14,15)8-20-11(16-17-18-20)7-19-5-6-21-10-4-2-1-3-9(10)19/h9-10H,1-8H2. The van der Waals surface area contributed by atoms with Gasteiger partial charge in [0.1, 0.15) is 6.54 Å². The summed E-state index contributed by atoms with van der Waals surface area (Å²) >= 11 is 2.00. The van der Waals surface area contributed by atoms with Crippen LogP contribution >= 0.6 is 11.8 Å². The van der Waals surface area contributed by atoms with Gasteiger partial charge in [-0.3, -0.25) is 4.90 Å². The van der Waals surface area contributed by atoms with Gasteiger partial charge in [0.05, 0.1) is 6.54 Å². The van der Waals surface area contributed by atoms with Crippen LogP contribution in [0.25, 0.3) is 0 Å². The molecule has 1 aromatic heterocycles. The fourth-order valence-corrected chi connectivity index (χ4v) is 4.69. The normalized spacial score (nSPS) is 27.6. The SMILES string of the molecule is FC(F)(F)Cn1nnnc1CN1CCSC2CCCCC21. The van der Waals surface area contributed by atoms with E-state index in [1.165, 1.54) is 19.3 Å². The second-order valence-electron chi connectivity index (χ2n) is 5.60. The minimum Gasteiger partial charge on any atom is -0.291 e. The van der Waals surface area contributed by atoms with Gasteiger partial charge < -0.3 is 0 Å². The molecular weight excluding hydrogens is 303 g/mol. The lowest BCUT2D eigenvalue weighted by Crippen LogP contribution is -2.48. The molecular formula is C12H18F3N5S. The monoisotopic (exact) mass is 321 g/mol. The summed E-state index contributed by atoms with van der Waals surface area (Å²) < 4.78 is 38.4. The molecule has 2 fully saturated rings. The van der Waals surface area contributed by atoms with Crippen LogP contribution in [0.5, 0.6) is 0 Å². The Labute approximate surface area is 125 Å². The number of hydrogen-bond acceptors (Lipinski definition) is 5. The van der Waals surface area contributed by atoms with Gasteiger partial charge in [0, 0.05) is 23.6 Å². The zero-order chi connectivity index (χ0) is 14.9. The van der Waals surface area contributed by atoms with Crippen LogP contribution in [0, 0.1) is 0 Å². The van der Waals surface area contributed by atoms with Crippen molar-refractivity contribution in [3.8, 4) is 0 Å². The smallest absolute Gasteiger partial charge is 0.291 e. The summed E-state index contributed by atoms with van der Waals surface area (Å²) in [5.41, 5.74) is 0. The maximum Gasteiger partial charge on any atom is 0.408 e. The first-order valence-electron chi connectivity index (χ1n) is 7.20. The van der Waals surface area contributed by atoms with Gasteiger partial charge in [-0.1, -0.05) is 12.8 Å². The van der Waals surface area contributed by atoms with Crippen LogP contribution in [0.4, 0.5) is 13.2 Å². The van der Waals surface area contributed by atoms with Crippen LogP contribution < -0.4 is 0 Å². The van der Waals surface area contributed by atoms with Crippen molar-refractivity contribution in [2.75, 3.05) is 12.3 Å². The Hall–Kier alpha value is -0.830. The van der Waals surface area contributed by atoms with E-state index >= 15 is 0 Å². The molecule has 2 heterocycles. The maximum absolute atomic E-state index is 12.5. The van der Waals surface area contributed by atoms with Gasteiger partial charge in [0.2, 0.25) is 0 Å². The molecule has 1 saturated heterocycles. The molecule has 0 spiro atoms. The lowest BCUT2D eigenvalue weighted by Gasteiger charge is -2.43. The van der Waals surface area contributed by atoms with Crippen molar-refractivity contribution in [3.05, 3.63) is 5.82 Å². The van der Waals surface area contributed by atoms with Crippen LogP contribution in [0.2, 0.25) is 0 Å². The molecule has 1 aromatic rings. The average Bonchev–Trinajstić information content (AvgIpc) is 2.84. The molecule has 1 aliphatic carbocycles. The van der Waals surface area contributed by atoms with Crippen molar-refractivity contribution in [3.63, 3.8) is 0 Å². The summed E-state index contributed by atoms with van der Waals surface area (Å²) in [5, 5.41) is 11.3. The van der Waals surface area contributed by atoms with Crippen molar-refractivity contribution in [1.29, 1.82) is 0 Å². The first-order valence-corrected chi connectivity index (χ1v) is 8.25. The third-order valence-electron chi connectivity index (χ3n) is 4.13. The lowest BCUT2D eigenvalue weighted by atomic mass is 9.93. The van der Waals surface area contributed by atoms with Gasteiger partial charge in [-0.2, -0.15) is 24.9 Å². The molecule has 3 rings (SSSR count). The largest absolute Gasteiger partial charge is 0.408 e. The molecule has 9 heteroatoms. The highest BCUT2D eigenvalue weighted by atomic mass is 32.2. The average molecular weight is 321 g/mol. The lowest BCUT2D eigenvalue weighted by molar-refractivity contribution is -0.143. The van der Waals surface area contributed by atoms with Gasteiger partial charge >= 0.3 is 6.18 Å². The zero-order valence-corrected chi connectivity index (χ0v) is 12.4. The number of thioether (sulfide) groups is 1. The Morgan fingerprint density at radius 3 is 2.86 bits per heavy atom. The van der Waals surface area contributed by atoms with E-state index < -0.39 is 12.7 Å². The first-order chi connectivity index (χ1) is 10.0. The van der Waals surface area contributed by atoms with E-state index in [9.17, 15) is 13.2 Å². The maximum atomic E-state index is 12.5. The van der Waals surface area contributed by atoms with Crippen LogP contribution in [-0.2, 0) is 13.1 Å². The van der Waals surface area contributed by atoms with Crippen molar-refractivity contribution in [1.82, 2.24) is 25.1 Å². The van der Waals surface area contributed by atoms with Gasteiger partial charge in [0.25, 0.3) is 0 Å². The number of halogens is 3. The number of nitrogens with zero attached hydrogens (tertiary/aromatic N) is 5. The first kappa shape index (κ1) is 15.1. The summed E-state index contributed by atoms with van der Waals surface area (Å²) in [6.45, 7) is 0.182. The molecule has 0 N–H and O–H groups in total. The van der Waals surface area contributed by atoms with E-state index in [-0.39, 0.29) is 0 Å². The molecule has 2 aliphatic rings. The highest BCUT2D eigenvalue weighted by Crippen LogP contribution is 2.36. The van der Waals surface area contributed by atoms with Gasteiger partial charge in [-0.05, 0) is 23.3 Å². The number of hydrogen-bond donors (Lipinski definition) is 0. The molecule has 0 bridgehead atoms. The Morgan fingerprint density at radius 1 is 1.24 bits per heavy atom. The number of rotatable bonds is 3. The minimum atomic E-state index is -4.30. The fourth-order valence-electron chi connectivity index (χ4n) is 3.18. The summed E-state index contributed by atoms with van der Waals surface area (Å²) in [6, 6.07) is 0.452. The predicted octanol–water partition coefficient (Wildman–Crippen LogP) is 2.10. The Bertz CT molecular complexity index is 476. The Kier molecular flexibility index (Phi) is 4.39. The van der Waals surface area contributed by atoms with E-state index in [0.717, 1.165) is 23.4 Å². The third-order valence-corrected chi connectivity index (χ3v) is 5.52. The molecule has 0 aromatic carbocycles. The molecule has 1 aliphatic heterocycles. The Morgan fingerprint density at radius 2 is 2.05 bits per heavy atom. The third kappa shape index (κ3) is 3.68. The van der Waals surface area contributed by atoms with Crippen LogP contribution in [0.1, 0.15) is 31.5 Å². The highest BCUT2D eigenvalue weighted by Gasteiger charge is 2.35. The van der Waals surface area contributed by atoms with Gasteiger partial charge in [0.15, 0.2) is 5.82 Å². The number of aromatic nitrogens is 4. The molecule has 0 radical (unpaired) electrons. The van der Waals surface area contributed by atoms with E-state index in [0.29, 0.717) is 23.7 Å².